The van der Waals surface area contributed by atoms with Gasteiger partial charge in [-0.3, -0.25) is 62.3 Å². The van der Waals surface area contributed by atoms with Gasteiger partial charge in [0.25, 0.3) is 0 Å². The lowest BCUT2D eigenvalue weighted by atomic mass is 9.97. The van der Waals surface area contributed by atoms with Gasteiger partial charge in [-0.15, -0.1) is 0 Å². The SMILES string of the molecule is CC[C@H](C)[C@H](NC(=O)[C@@H](NC(=O)[C@H](CC(C)C)NC(=O)[C@@H](NC(=O)[C@H](Cc1ccccc1)NC(=O)[C@H](CC(=O)O)NC(=O)[C@@H](NC(=O)CNC(=O)[C@H](CO)NC(=O)CN)[C@@H](C)O)[C@@H](C)O)[C@@H](C)O)C(=O)N[C@@H](CO)C(=O)N[C@@H](CO)C(=O)N[C@@H](CC(C)C)C(=O)O. The van der Waals surface area contributed by atoms with Crippen LogP contribution in [-0.4, -0.2) is 241 Å². The molecule has 1 rings (SSSR count). The fourth-order valence-electron chi connectivity index (χ4n) is 8.46. The average Bonchev–Trinajstić information content (AvgIpc) is 1.27. The lowest BCUT2D eigenvalue weighted by Gasteiger charge is -2.30. The second kappa shape index (κ2) is 40.3. The summed E-state index contributed by atoms with van der Waals surface area (Å²) < 4.78 is 0. The second-order valence-electron chi connectivity index (χ2n) is 22.5. The first kappa shape index (κ1) is 80.5. The van der Waals surface area contributed by atoms with Crippen LogP contribution >= 0.6 is 0 Å². The van der Waals surface area contributed by atoms with E-state index in [1.807, 2.05) is 0 Å². The van der Waals surface area contributed by atoms with Crippen molar-refractivity contribution in [1.82, 2.24) is 63.8 Å². The summed E-state index contributed by atoms with van der Waals surface area (Å²) in [4.78, 5) is 185. The zero-order valence-electron chi connectivity index (χ0n) is 52.1. The molecule has 1 aromatic rings. The summed E-state index contributed by atoms with van der Waals surface area (Å²) in [6.07, 6.45) is -6.77. The van der Waals surface area contributed by atoms with Crippen LogP contribution in [-0.2, 0) is 73.5 Å². The van der Waals surface area contributed by atoms with Crippen molar-refractivity contribution in [3.63, 3.8) is 0 Å². The number of aliphatic carboxylic acids is 2. The van der Waals surface area contributed by atoms with Gasteiger partial charge in [-0.1, -0.05) is 78.3 Å². The van der Waals surface area contributed by atoms with Gasteiger partial charge in [-0.2, -0.15) is 0 Å². The molecule has 0 fully saturated rings. The maximum Gasteiger partial charge on any atom is 0.326 e. The number of hydrogen-bond donors (Lipinski definition) is 21. The number of aliphatic hydroxyl groups is 6. The molecule has 512 valence electrons. The van der Waals surface area contributed by atoms with Crippen molar-refractivity contribution in [3.05, 3.63) is 35.9 Å². The maximum absolute atomic E-state index is 14.3. The van der Waals surface area contributed by atoms with Crippen molar-refractivity contribution >= 4 is 82.8 Å². The van der Waals surface area contributed by atoms with Crippen molar-refractivity contribution in [2.45, 2.75) is 179 Å². The van der Waals surface area contributed by atoms with Crippen molar-refractivity contribution in [2.75, 3.05) is 32.9 Å². The molecule has 35 heteroatoms. The quantitative estimate of drug-likeness (QED) is 0.0289. The van der Waals surface area contributed by atoms with Gasteiger partial charge in [0.15, 0.2) is 0 Å². The average molecular weight is 1300 g/mol. The van der Waals surface area contributed by atoms with Gasteiger partial charge >= 0.3 is 11.9 Å². The van der Waals surface area contributed by atoms with E-state index in [2.05, 4.69) is 63.8 Å². The van der Waals surface area contributed by atoms with E-state index in [0.29, 0.717) is 5.56 Å². The summed E-state index contributed by atoms with van der Waals surface area (Å²) in [5, 5.41) is 108. The molecule has 0 bridgehead atoms. The van der Waals surface area contributed by atoms with Crippen LogP contribution in [0.5, 0.6) is 0 Å². The first-order chi connectivity index (χ1) is 42.5. The number of nitrogens with one attached hydrogen (secondary N) is 12. The molecule has 22 N–H and O–H groups in total. The third kappa shape index (κ3) is 28.5. The number of carboxylic acids is 2. The minimum atomic E-state index is -2.05. The molecular formula is C56H91N13O22. The molecule has 0 spiro atoms. The van der Waals surface area contributed by atoms with E-state index in [0.717, 1.165) is 20.8 Å². The molecule has 35 nitrogen and oxygen atoms in total. The Morgan fingerprint density at radius 3 is 1.22 bits per heavy atom. The highest BCUT2D eigenvalue weighted by Gasteiger charge is 2.39. The normalized spacial score (nSPS) is 16.2. The topological polar surface area (TPSA) is 571 Å². The number of aliphatic hydroxyl groups excluding tert-OH is 6. The Labute approximate surface area is 524 Å². The molecule has 1 aromatic carbocycles. The fraction of sp³-hybridized carbons (Fsp3) is 0.643. The third-order valence-electron chi connectivity index (χ3n) is 13.7. The second-order valence-corrected chi connectivity index (χ2v) is 22.5. The molecule has 0 unspecified atom stereocenters. The minimum Gasteiger partial charge on any atom is -0.481 e. The molecule has 0 aliphatic heterocycles. The molecule has 12 amide bonds. The van der Waals surface area contributed by atoms with Crippen LogP contribution in [0.2, 0.25) is 0 Å². The van der Waals surface area contributed by atoms with E-state index in [1.165, 1.54) is 19.1 Å². The fourth-order valence-corrected chi connectivity index (χ4v) is 8.46. The summed E-state index contributed by atoms with van der Waals surface area (Å²) >= 11 is 0. The van der Waals surface area contributed by atoms with Crippen molar-refractivity contribution in [1.29, 1.82) is 0 Å². The van der Waals surface area contributed by atoms with E-state index >= 15 is 0 Å². The Hall–Kier alpha value is -8.48. The molecule has 91 heavy (non-hydrogen) atoms. The van der Waals surface area contributed by atoms with Crippen LogP contribution in [0, 0.1) is 17.8 Å². The number of amides is 12. The van der Waals surface area contributed by atoms with Crippen molar-refractivity contribution in [3.8, 4) is 0 Å². The number of carboxylic acid groups (broad SMARTS) is 2. The Kier molecular flexibility index (Phi) is 35.7. The number of benzene rings is 1. The predicted octanol–water partition coefficient (Wildman–Crippen LogP) is -8.55. The standard InChI is InChI=1S/C56H91N13O22/c1-10-27(6)42(52(86)65-38(24-72)51(85)64-37(23-71)50(84)63-35(56(90)91)17-26(4)5)67-55(89)45(30(9)75)69-48(82)32(16-25(2)3)61-54(88)44(29(8)74)68-49(83)33(18-31-14-12-11-13-15-31)60-47(81)34(19-41(78)79)62-53(87)43(28(7)73)66-40(77)21-58-46(80)36(22-70)59-39(76)20-57/h11-15,25-30,32-38,42-45,70-75H,10,16-24,57H2,1-9H3,(H,58,80)(H,59,76)(H,60,81)(H,61,88)(H,62,87)(H,63,84)(H,64,85)(H,65,86)(H,66,77)(H,67,89)(H,68,83)(H,69,82)(H,78,79)(H,90,91)/t27-,28+,29+,30+,32-,33-,34-,35-,36-,37-,38-,42-,43-,44-,45-/m0/s1. The molecule has 0 heterocycles. The molecule has 0 saturated heterocycles. The van der Waals surface area contributed by atoms with Gasteiger partial charge < -0.3 is 110 Å². The van der Waals surface area contributed by atoms with Gasteiger partial charge in [-0.05, 0) is 56.9 Å². The molecule has 0 aliphatic carbocycles. The summed E-state index contributed by atoms with van der Waals surface area (Å²) in [7, 11) is 0. The van der Waals surface area contributed by atoms with E-state index < -0.39 is 219 Å². The van der Waals surface area contributed by atoms with Crippen LogP contribution in [0.1, 0.15) is 93.6 Å². The largest absolute Gasteiger partial charge is 0.481 e. The van der Waals surface area contributed by atoms with Crippen LogP contribution in [0.25, 0.3) is 0 Å². The minimum absolute atomic E-state index is 0.000604. The van der Waals surface area contributed by atoms with Gasteiger partial charge in [0.1, 0.15) is 66.5 Å². The smallest absolute Gasteiger partial charge is 0.326 e. The summed E-state index contributed by atoms with van der Waals surface area (Å²) in [6, 6.07) is -11.4. The Bertz CT molecular complexity index is 2650. The predicted molar refractivity (Wildman–Crippen MR) is 318 cm³/mol. The zero-order chi connectivity index (χ0) is 69.6. The van der Waals surface area contributed by atoms with E-state index in [1.54, 1.807) is 52.8 Å². The van der Waals surface area contributed by atoms with Crippen LogP contribution in [0.15, 0.2) is 30.3 Å². The van der Waals surface area contributed by atoms with Crippen LogP contribution < -0.4 is 69.5 Å². The third-order valence-corrected chi connectivity index (χ3v) is 13.7. The Morgan fingerprint density at radius 1 is 0.418 bits per heavy atom. The summed E-state index contributed by atoms with van der Waals surface area (Å²) in [5.41, 5.74) is 5.58. The summed E-state index contributed by atoms with van der Waals surface area (Å²) in [6.45, 7) is 8.62. The number of carbonyl (C=O) groups excluding carboxylic acids is 12. The lowest BCUT2D eigenvalue weighted by molar-refractivity contribution is -0.143. The number of hydrogen-bond acceptors (Lipinski definition) is 21. The molecule has 15 atom stereocenters. The molecule has 0 saturated carbocycles. The first-order valence-corrected chi connectivity index (χ1v) is 29.2. The lowest BCUT2D eigenvalue weighted by Crippen LogP contribution is -2.64. The Balaban J connectivity index is 3.47. The first-order valence-electron chi connectivity index (χ1n) is 29.2. The molecule has 0 aliphatic rings. The monoisotopic (exact) mass is 1300 g/mol. The zero-order valence-corrected chi connectivity index (χ0v) is 52.1. The highest BCUT2D eigenvalue weighted by atomic mass is 16.4. The Morgan fingerprint density at radius 2 is 0.780 bits per heavy atom. The van der Waals surface area contributed by atoms with E-state index in [4.69, 9.17) is 5.73 Å². The summed E-state index contributed by atoms with van der Waals surface area (Å²) in [5.74, 6) is -18.1. The van der Waals surface area contributed by atoms with Crippen molar-refractivity contribution in [2.24, 2.45) is 23.5 Å². The van der Waals surface area contributed by atoms with Gasteiger partial charge in [-0.25, -0.2) is 4.79 Å². The number of rotatable bonds is 41. The van der Waals surface area contributed by atoms with Crippen molar-refractivity contribution < 1.29 is 108 Å². The molecule has 0 radical (unpaired) electrons. The molecular weight excluding hydrogens is 1210 g/mol. The van der Waals surface area contributed by atoms with Crippen LogP contribution in [0.4, 0.5) is 0 Å². The van der Waals surface area contributed by atoms with E-state index in [-0.39, 0.29) is 31.6 Å². The highest BCUT2D eigenvalue weighted by Crippen LogP contribution is 2.13. The van der Waals surface area contributed by atoms with E-state index in [9.17, 15) is 108 Å². The molecule has 0 aromatic heterocycles. The van der Waals surface area contributed by atoms with Crippen LogP contribution in [0.3, 0.4) is 0 Å². The number of nitrogens with two attached hydrogens (primary N) is 1. The number of carbonyl (C=O) groups is 14. The van der Waals surface area contributed by atoms with Gasteiger partial charge in [0, 0.05) is 6.42 Å². The van der Waals surface area contributed by atoms with Gasteiger partial charge in [0.05, 0.1) is 57.6 Å². The maximum atomic E-state index is 14.3. The highest BCUT2D eigenvalue weighted by molar-refractivity contribution is 6.00. The van der Waals surface area contributed by atoms with Gasteiger partial charge in [0.2, 0.25) is 70.9 Å².